The van der Waals surface area contributed by atoms with Gasteiger partial charge in [-0.2, -0.15) is 0 Å². The second-order valence-electron chi connectivity index (χ2n) is 8.96. The third-order valence-electron chi connectivity index (χ3n) is 6.48. The first-order chi connectivity index (χ1) is 19.3. The Hall–Kier alpha value is -5.12. The normalized spacial score (nSPS) is 12.9. The van der Waals surface area contributed by atoms with Gasteiger partial charge in [-0.25, -0.2) is 19.2 Å². The van der Waals surface area contributed by atoms with Crippen molar-refractivity contribution in [2.45, 2.75) is 18.4 Å². The van der Waals surface area contributed by atoms with Crippen LogP contribution in [0.2, 0.25) is 0 Å². The molecule has 1 aliphatic rings. The van der Waals surface area contributed by atoms with Gasteiger partial charge in [0.25, 0.3) is 0 Å². The van der Waals surface area contributed by atoms with Crippen molar-refractivity contribution in [3.8, 4) is 11.1 Å². The lowest BCUT2D eigenvalue weighted by Crippen LogP contribution is -2.42. The van der Waals surface area contributed by atoms with Crippen molar-refractivity contribution >= 4 is 29.7 Å². The minimum Gasteiger partial charge on any atom is -0.480 e. The molecule has 0 saturated carbocycles. The molecule has 1 unspecified atom stereocenters. The Bertz CT molecular complexity index is 1400. The molecular weight excluding hydrogens is 516 g/mol. The molecule has 3 aromatic carbocycles. The van der Waals surface area contributed by atoms with Gasteiger partial charge in [-0.15, -0.1) is 0 Å². The van der Waals surface area contributed by atoms with E-state index in [1.165, 1.54) is 14.2 Å². The first-order valence-electron chi connectivity index (χ1n) is 12.4. The second-order valence-corrected chi connectivity index (χ2v) is 8.96. The van der Waals surface area contributed by atoms with Crippen LogP contribution in [0.3, 0.4) is 0 Å². The number of carbonyl (C=O) groups is 4. The summed E-state index contributed by atoms with van der Waals surface area (Å²) >= 11 is 0. The van der Waals surface area contributed by atoms with Crippen molar-refractivity contribution in [3.05, 3.63) is 101 Å². The molecule has 1 atom stereocenters. The maximum absolute atomic E-state index is 12.6. The van der Waals surface area contributed by atoms with Gasteiger partial charge in [0.15, 0.2) is 0 Å². The summed E-state index contributed by atoms with van der Waals surface area (Å²) in [5, 5.41) is 14.9. The number of hydrogen-bond acceptors (Lipinski definition) is 8. The van der Waals surface area contributed by atoms with Crippen LogP contribution >= 0.6 is 0 Å². The van der Waals surface area contributed by atoms with Crippen molar-refractivity contribution in [3.63, 3.8) is 0 Å². The predicted molar refractivity (Wildman–Crippen MR) is 146 cm³/mol. The summed E-state index contributed by atoms with van der Waals surface area (Å²) in [6.45, 7) is 0.0637. The highest BCUT2D eigenvalue weighted by molar-refractivity contribution is 5.98. The molecule has 1 aliphatic carbocycles. The van der Waals surface area contributed by atoms with E-state index in [9.17, 15) is 24.3 Å². The van der Waals surface area contributed by atoms with Gasteiger partial charge in [0, 0.05) is 18.0 Å². The maximum Gasteiger partial charge on any atom is 0.407 e. The first kappa shape index (κ1) is 27.9. The largest absolute Gasteiger partial charge is 0.480 e. The number of esters is 2. The monoisotopic (exact) mass is 544 g/mol. The lowest BCUT2D eigenvalue weighted by Gasteiger charge is -2.18. The average Bonchev–Trinajstić information content (AvgIpc) is 3.29. The third kappa shape index (κ3) is 6.47. The Morgan fingerprint density at radius 2 is 1.48 bits per heavy atom. The molecule has 3 N–H and O–H groups in total. The van der Waals surface area contributed by atoms with Crippen LogP contribution in [-0.2, 0) is 35.0 Å². The Balaban J connectivity index is 1.37. The minimum atomic E-state index is -1.24. The summed E-state index contributed by atoms with van der Waals surface area (Å²) in [4.78, 5) is 48.0. The van der Waals surface area contributed by atoms with Crippen LogP contribution in [0.15, 0.2) is 84.6 Å². The van der Waals surface area contributed by atoms with Crippen LogP contribution in [0.4, 0.5) is 10.5 Å². The van der Waals surface area contributed by atoms with E-state index < -0.39 is 30.0 Å². The standard InChI is InChI=1S/C30H28N2O8/c1-38-27(33)16-26(29(36)39-2)31-19-13-11-18(12-14-19)15-25(28(34)35)32-30(37)40-17-24-22-9-5-3-7-20(22)21-8-4-6-10-23(21)24/h3-14,16,24-25,31H,15,17H2,1-2H3,(H,32,37)(H,34,35)/b26-16+. The van der Waals surface area contributed by atoms with Crippen LogP contribution in [0.25, 0.3) is 11.1 Å². The zero-order chi connectivity index (χ0) is 28.6. The molecule has 0 radical (unpaired) electrons. The SMILES string of the molecule is COC(=O)/C=C(/Nc1ccc(CC(NC(=O)OCC2c3ccccc3-c3ccccc32)C(=O)O)cc1)C(=O)OC. The van der Waals surface area contributed by atoms with Crippen LogP contribution in [0, 0.1) is 0 Å². The van der Waals surface area contributed by atoms with Crippen molar-refractivity contribution < 1.29 is 38.5 Å². The number of hydrogen-bond donors (Lipinski definition) is 3. The number of carboxylic acid groups (broad SMARTS) is 1. The number of anilines is 1. The smallest absolute Gasteiger partial charge is 0.407 e. The van der Waals surface area contributed by atoms with Crippen molar-refractivity contribution in [2.75, 3.05) is 26.1 Å². The zero-order valence-electron chi connectivity index (χ0n) is 21.9. The average molecular weight is 545 g/mol. The van der Waals surface area contributed by atoms with E-state index in [1.54, 1.807) is 24.3 Å². The quantitative estimate of drug-likeness (QED) is 0.197. The van der Waals surface area contributed by atoms with Crippen molar-refractivity contribution in [1.82, 2.24) is 5.32 Å². The molecule has 1 amide bonds. The Labute approximate surface area is 230 Å². The van der Waals surface area contributed by atoms with Gasteiger partial charge in [-0.3, -0.25) is 0 Å². The van der Waals surface area contributed by atoms with E-state index in [0.29, 0.717) is 11.3 Å². The van der Waals surface area contributed by atoms with E-state index in [1.807, 2.05) is 48.5 Å². The molecule has 4 rings (SSSR count). The molecule has 0 aromatic heterocycles. The number of rotatable bonds is 10. The van der Waals surface area contributed by atoms with Gasteiger partial charge in [0.05, 0.1) is 20.3 Å². The summed E-state index contributed by atoms with van der Waals surface area (Å²) < 4.78 is 14.7. The first-order valence-corrected chi connectivity index (χ1v) is 12.4. The number of benzene rings is 3. The molecule has 10 nitrogen and oxygen atoms in total. The number of ether oxygens (including phenoxy) is 3. The van der Waals surface area contributed by atoms with Crippen LogP contribution < -0.4 is 10.6 Å². The number of fused-ring (bicyclic) bond motifs is 3. The molecule has 0 saturated heterocycles. The zero-order valence-corrected chi connectivity index (χ0v) is 21.9. The second kappa shape index (κ2) is 12.6. The molecule has 40 heavy (non-hydrogen) atoms. The fraction of sp³-hybridized carbons (Fsp3) is 0.200. The number of amides is 1. The maximum atomic E-state index is 12.6. The molecule has 10 heteroatoms. The van der Waals surface area contributed by atoms with Gasteiger partial charge in [-0.05, 0) is 39.9 Å². The van der Waals surface area contributed by atoms with Crippen LogP contribution in [-0.4, -0.2) is 56.0 Å². The number of carbonyl (C=O) groups excluding carboxylic acids is 3. The van der Waals surface area contributed by atoms with Gasteiger partial charge in [-0.1, -0.05) is 60.7 Å². The summed E-state index contributed by atoms with van der Waals surface area (Å²) in [5.74, 6) is -2.88. The predicted octanol–water partition coefficient (Wildman–Crippen LogP) is 3.86. The van der Waals surface area contributed by atoms with Gasteiger partial charge in [0.1, 0.15) is 18.3 Å². The Morgan fingerprint density at radius 3 is 2.02 bits per heavy atom. The molecule has 0 bridgehead atoms. The van der Waals surface area contributed by atoms with E-state index in [4.69, 9.17) is 4.74 Å². The number of alkyl carbamates (subject to hydrolysis) is 1. The fourth-order valence-electron chi connectivity index (χ4n) is 4.53. The lowest BCUT2D eigenvalue weighted by molar-refractivity contribution is -0.139. The number of aliphatic carboxylic acids is 1. The van der Waals surface area contributed by atoms with E-state index >= 15 is 0 Å². The Morgan fingerprint density at radius 1 is 0.875 bits per heavy atom. The summed E-state index contributed by atoms with van der Waals surface area (Å²) in [6, 6.07) is 21.1. The van der Waals surface area contributed by atoms with Gasteiger partial charge >= 0.3 is 24.0 Å². The number of nitrogens with one attached hydrogen (secondary N) is 2. The van der Waals surface area contributed by atoms with Crippen molar-refractivity contribution in [2.24, 2.45) is 0 Å². The summed E-state index contributed by atoms with van der Waals surface area (Å²) in [7, 11) is 2.35. The Kier molecular flexibility index (Phi) is 8.80. The highest BCUT2D eigenvalue weighted by Gasteiger charge is 2.29. The van der Waals surface area contributed by atoms with Gasteiger partial charge < -0.3 is 30.0 Å². The highest BCUT2D eigenvalue weighted by atomic mass is 16.5. The molecule has 3 aromatic rings. The van der Waals surface area contributed by atoms with Crippen molar-refractivity contribution in [1.29, 1.82) is 0 Å². The third-order valence-corrected chi connectivity index (χ3v) is 6.48. The molecule has 0 heterocycles. The molecular formula is C30H28N2O8. The molecule has 0 spiro atoms. The highest BCUT2D eigenvalue weighted by Crippen LogP contribution is 2.44. The topological polar surface area (TPSA) is 140 Å². The van der Waals surface area contributed by atoms with E-state index in [2.05, 4.69) is 20.1 Å². The summed E-state index contributed by atoms with van der Waals surface area (Å²) in [6.07, 6.45) is 0.114. The van der Waals surface area contributed by atoms with E-state index in [-0.39, 0.29) is 24.6 Å². The molecule has 206 valence electrons. The fourth-order valence-corrected chi connectivity index (χ4v) is 4.53. The minimum absolute atomic E-state index is 0.0122. The summed E-state index contributed by atoms with van der Waals surface area (Å²) in [5.41, 5.74) is 5.20. The van der Waals surface area contributed by atoms with E-state index in [0.717, 1.165) is 28.3 Å². The molecule has 0 fully saturated rings. The van der Waals surface area contributed by atoms with Crippen LogP contribution in [0.1, 0.15) is 22.6 Å². The number of carboxylic acids is 1. The van der Waals surface area contributed by atoms with Crippen LogP contribution in [0.5, 0.6) is 0 Å². The molecule has 0 aliphatic heterocycles. The number of methoxy groups -OCH3 is 2. The van der Waals surface area contributed by atoms with Gasteiger partial charge in [0.2, 0.25) is 0 Å². The lowest BCUT2D eigenvalue weighted by atomic mass is 9.98.